The highest BCUT2D eigenvalue weighted by molar-refractivity contribution is 5.89. The summed E-state index contributed by atoms with van der Waals surface area (Å²) >= 11 is 0. The summed E-state index contributed by atoms with van der Waals surface area (Å²) in [6, 6.07) is -0.476. The van der Waals surface area contributed by atoms with Gasteiger partial charge in [-0.05, 0) is 32.6 Å². The summed E-state index contributed by atoms with van der Waals surface area (Å²) in [5.74, 6) is -0.523. The van der Waals surface area contributed by atoms with E-state index >= 15 is 0 Å². The number of nitrogens with one attached hydrogen (secondary N) is 4. The average molecular weight is 338 g/mol. The maximum atomic E-state index is 12.0. The van der Waals surface area contributed by atoms with Gasteiger partial charge in [-0.3, -0.25) is 9.59 Å². The van der Waals surface area contributed by atoms with E-state index in [1.54, 1.807) is 6.92 Å². The Morgan fingerprint density at radius 1 is 0.875 bits per heavy atom. The molecule has 2 saturated carbocycles. The summed E-state index contributed by atoms with van der Waals surface area (Å²) < 4.78 is 0. The summed E-state index contributed by atoms with van der Waals surface area (Å²) in [5, 5.41) is 11.0. The van der Waals surface area contributed by atoms with E-state index < -0.39 is 6.04 Å². The van der Waals surface area contributed by atoms with Crippen molar-refractivity contribution in [2.45, 2.75) is 82.8 Å². The zero-order valence-corrected chi connectivity index (χ0v) is 14.5. The molecule has 0 aromatic rings. The van der Waals surface area contributed by atoms with Crippen LogP contribution >= 0.6 is 0 Å². The largest absolute Gasteiger partial charge is 0.352 e. The molecule has 0 spiro atoms. The molecule has 0 unspecified atom stereocenters. The van der Waals surface area contributed by atoms with E-state index in [0.29, 0.717) is 0 Å². The number of hydrogen-bond donors (Lipinski definition) is 4. The summed E-state index contributed by atoms with van der Waals surface area (Å²) in [7, 11) is 0. The van der Waals surface area contributed by atoms with Crippen LogP contribution in [0.3, 0.4) is 0 Å². The van der Waals surface area contributed by atoms with Crippen molar-refractivity contribution < 1.29 is 14.4 Å². The van der Waals surface area contributed by atoms with Crippen molar-refractivity contribution in [2.24, 2.45) is 0 Å². The zero-order valence-electron chi connectivity index (χ0n) is 14.5. The molecule has 4 N–H and O–H groups in total. The van der Waals surface area contributed by atoms with Crippen LogP contribution in [0.1, 0.15) is 64.7 Å². The lowest BCUT2D eigenvalue weighted by molar-refractivity contribution is -0.128. The maximum absolute atomic E-state index is 12.0. The zero-order chi connectivity index (χ0) is 17.4. The van der Waals surface area contributed by atoms with E-state index in [2.05, 4.69) is 21.3 Å². The van der Waals surface area contributed by atoms with Gasteiger partial charge in [0.2, 0.25) is 11.8 Å². The fraction of sp³-hybridized carbons (Fsp3) is 0.824. The van der Waals surface area contributed by atoms with Gasteiger partial charge in [-0.1, -0.05) is 32.1 Å². The lowest BCUT2D eigenvalue weighted by Crippen LogP contribution is -2.51. The van der Waals surface area contributed by atoms with Gasteiger partial charge in [-0.15, -0.1) is 0 Å². The predicted octanol–water partition coefficient (Wildman–Crippen LogP) is 1.18. The predicted molar refractivity (Wildman–Crippen MR) is 91.4 cm³/mol. The van der Waals surface area contributed by atoms with Crippen molar-refractivity contribution in [3.63, 3.8) is 0 Å². The van der Waals surface area contributed by atoms with Gasteiger partial charge >= 0.3 is 6.03 Å². The fourth-order valence-corrected chi connectivity index (χ4v) is 3.40. The number of hydrogen-bond acceptors (Lipinski definition) is 3. The number of amides is 4. The first-order chi connectivity index (χ1) is 11.5. The summed E-state index contributed by atoms with van der Waals surface area (Å²) in [4.78, 5) is 35.7. The van der Waals surface area contributed by atoms with E-state index in [4.69, 9.17) is 0 Å². The standard InChI is InChI=1S/C17H30N4O3/c1-12(16(23)20-13-9-5-6-10-13)19-15(22)11-18-17(24)21-14-7-3-2-4-8-14/h12-14H,2-11H2,1H3,(H,19,22)(H,20,23)(H2,18,21,24)/t12-/m0/s1. The van der Waals surface area contributed by atoms with Gasteiger partial charge in [0, 0.05) is 12.1 Å². The van der Waals surface area contributed by atoms with Crippen LogP contribution < -0.4 is 21.3 Å². The van der Waals surface area contributed by atoms with Crippen molar-refractivity contribution in [3.05, 3.63) is 0 Å². The molecule has 2 fully saturated rings. The molecule has 1 atom stereocenters. The van der Waals surface area contributed by atoms with Crippen molar-refractivity contribution in [3.8, 4) is 0 Å². The molecule has 2 aliphatic carbocycles. The number of urea groups is 1. The Labute approximate surface area is 143 Å². The third kappa shape index (κ3) is 6.37. The second-order valence-corrected chi connectivity index (χ2v) is 6.94. The molecule has 136 valence electrons. The average Bonchev–Trinajstić information content (AvgIpc) is 3.07. The Kier molecular flexibility index (Phi) is 7.34. The third-order valence-corrected chi connectivity index (χ3v) is 4.82. The Bertz CT molecular complexity index is 443. The van der Waals surface area contributed by atoms with Gasteiger partial charge in [0.15, 0.2) is 0 Å². The molecule has 2 aliphatic rings. The van der Waals surface area contributed by atoms with Crippen molar-refractivity contribution in [1.29, 1.82) is 0 Å². The molecule has 0 saturated heterocycles. The molecule has 0 aliphatic heterocycles. The van der Waals surface area contributed by atoms with Crippen LogP contribution in [0.25, 0.3) is 0 Å². The summed E-state index contributed by atoms with van der Waals surface area (Å²) in [6.07, 6.45) is 9.80. The van der Waals surface area contributed by atoms with Crippen molar-refractivity contribution in [1.82, 2.24) is 21.3 Å². The Morgan fingerprint density at radius 3 is 2.04 bits per heavy atom. The monoisotopic (exact) mass is 338 g/mol. The molecule has 7 heteroatoms. The van der Waals surface area contributed by atoms with Gasteiger partial charge in [-0.25, -0.2) is 4.79 Å². The minimum Gasteiger partial charge on any atom is -0.352 e. The normalized spacial score (nSPS) is 20.2. The number of rotatable bonds is 6. The molecule has 7 nitrogen and oxygen atoms in total. The van der Waals surface area contributed by atoms with E-state index in [1.807, 2.05) is 0 Å². The van der Waals surface area contributed by atoms with E-state index in [-0.39, 0.29) is 36.5 Å². The SMILES string of the molecule is C[C@H](NC(=O)CNC(=O)NC1CCCCC1)C(=O)NC1CCCC1. The lowest BCUT2D eigenvalue weighted by atomic mass is 9.96. The van der Waals surface area contributed by atoms with Crippen molar-refractivity contribution >= 4 is 17.8 Å². The maximum Gasteiger partial charge on any atom is 0.315 e. The highest BCUT2D eigenvalue weighted by Gasteiger charge is 2.22. The molecular weight excluding hydrogens is 308 g/mol. The summed E-state index contributed by atoms with van der Waals surface area (Å²) in [6.45, 7) is 1.53. The van der Waals surface area contributed by atoms with Crippen LogP contribution in [-0.4, -0.2) is 42.5 Å². The first kappa shape index (κ1) is 18.5. The first-order valence-electron chi connectivity index (χ1n) is 9.18. The van der Waals surface area contributed by atoms with Gasteiger partial charge in [0.05, 0.1) is 6.54 Å². The molecule has 0 bridgehead atoms. The second kappa shape index (κ2) is 9.49. The molecule has 0 aromatic carbocycles. The van der Waals surface area contributed by atoms with Crippen molar-refractivity contribution in [2.75, 3.05) is 6.54 Å². The molecule has 0 radical (unpaired) electrons. The number of carbonyl (C=O) groups excluding carboxylic acids is 3. The second-order valence-electron chi connectivity index (χ2n) is 6.94. The Balaban J connectivity index is 1.60. The molecular formula is C17H30N4O3. The quantitative estimate of drug-likeness (QED) is 0.585. The molecule has 0 heterocycles. The first-order valence-corrected chi connectivity index (χ1v) is 9.18. The molecule has 0 aromatic heterocycles. The van der Waals surface area contributed by atoms with Crippen LogP contribution in [0.2, 0.25) is 0 Å². The smallest absolute Gasteiger partial charge is 0.315 e. The summed E-state index contributed by atoms with van der Waals surface area (Å²) in [5.41, 5.74) is 0. The van der Waals surface area contributed by atoms with Gasteiger partial charge in [-0.2, -0.15) is 0 Å². The molecule has 2 rings (SSSR count). The van der Waals surface area contributed by atoms with Crippen LogP contribution in [-0.2, 0) is 9.59 Å². The Hall–Kier alpha value is -1.79. The van der Waals surface area contributed by atoms with Crippen LogP contribution in [0.4, 0.5) is 4.79 Å². The Morgan fingerprint density at radius 2 is 1.42 bits per heavy atom. The molecule has 24 heavy (non-hydrogen) atoms. The van der Waals surface area contributed by atoms with Crippen LogP contribution in [0.15, 0.2) is 0 Å². The van der Waals surface area contributed by atoms with Gasteiger partial charge < -0.3 is 21.3 Å². The topological polar surface area (TPSA) is 99.3 Å². The van der Waals surface area contributed by atoms with Crippen LogP contribution in [0.5, 0.6) is 0 Å². The fourth-order valence-electron chi connectivity index (χ4n) is 3.40. The number of carbonyl (C=O) groups is 3. The van der Waals surface area contributed by atoms with E-state index in [9.17, 15) is 14.4 Å². The highest BCUT2D eigenvalue weighted by Crippen LogP contribution is 2.18. The van der Waals surface area contributed by atoms with Gasteiger partial charge in [0.1, 0.15) is 6.04 Å². The van der Waals surface area contributed by atoms with Gasteiger partial charge in [0.25, 0.3) is 0 Å². The van der Waals surface area contributed by atoms with Crippen LogP contribution in [0, 0.1) is 0 Å². The minimum atomic E-state index is -0.596. The lowest BCUT2D eigenvalue weighted by Gasteiger charge is -2.23. The minimum absolute atomic E-state index is 0.125. The molecule has 4 amide bonds. The van der Waals surface area contributed by atoms with E-state index in [1.165, 1.54) is 6.42 Å². The third-order valence-electron chi connectivity index (χ3n) is 4.82. The van der Waals surface area contributed by atoms with E-state index in [0.717, 1.165) is 51.4 Å². The highest BCUT2D eigenvalue weighted by atomic mass is 16.2.